The SMILES string of the molecule is O[C@H](COC[C@H]1COc2ccccc2O1)C[N+]1(Cc2ccc(Cl)cc2)CCOCC1. The fourth-order valence-corrected chi connectivity index (χ4v) is 4.22. The van der Waals surface area contributed by atoms with E-state index in [0.29, 0.717) is 33.0 Å². The molecule has 2 aromatic carbocycles. The zero-order valence-corrected chi connectivity index (χ0v) is 17.8. The number of benzene rings is 2. The van der Waals surface area contributed by atoms with Gasteiger partial charge in [0.1, 0.15) is 38.9 Å². The van der Waals surface area contributed by atoms with E-state index in [0.717, 1.165) is 40.6 Å². The summed E-state index contributed by atoms with van der Waals surface area (Å²) in [4.78, 5) is 0. The van der Waals surface area contributed by atoms with Crippen LogP contribution in [0.2, 0.25) is 5.02 Å². The molecule has 2 aliphatic heterocycles. The third kappa shape index (κ3) is 5.65. The summed E-state index contributed by atoms with van der Waals surface area (Å²) in [6.45, 7) is 5.70. The van der Waals surface area contributed by atoms with Crippen molar-refractivity contribution in [2.45, 2.75) is 18.8 Å². The molecule has 7 heteroatoms. The molecule has 2 aromatic rings. The monoisotopic (exact) mass is 434 g/mol. The normalized spacial score (nSPS) is 21.2. The van der Waals surface area contributed by atoms with Crippen molar-refractivity contribution >= 4 is 11.6 Å². The van der Waals surface area contributed by atoms with Gasteiger partial charge < -0.3 is 28.5 Å². The number of fused-ring (bicyclic) bond motifs is 1. The van der Waals surface area contributed by atoms with Crippen molar-refractivity contribution < 1.29 is 28.5 Å². The molecule has 0 aliphatic carbocycles. The van der Waals surface area contributed by atoms with Crippen LogP contribution >= 0.6 is 11.6 Å². The number of nitrogens with zero attached hydrogens (tertiary/aromatic N) is 1. The van der Waals surface area contributed by atoms with Gasteiger partial charge in [-0.05, 0) is 24.3 Å². The van der Waals surface area contributed by atoms with Crippen LogP contribution in [0.4, 0.5) is 0 Å². The van der Waals surface area contributed by atoms with E-state index in [4.69, 9.17) is 30.5 Å². The minimum absolute atomic E-state index is 0.173. The van der Waals surface area contributed by atoms with E-state index < -0.39 is 6.10 Å². The van der Waals surface area contributed by atoms with E-state index in [-0.39, 0.29) is 12.7 Å². The zero-order valence-electron chi connectivity index (χ0n) is 17.0. The van der Waals surface area contributed by atoms with Crippen molar-refractivity contribution in [1.82, 2.24) is 0 Å². The molecule has 1 fully saturated rings. The second-order valence-corrected chi connectivity index (χ2v) is 8.49. The number of morpholine rings is 1. The molecule has 0 amide bonds. The molecule has 4 rings (SSSR count). The van der Waals surface area contributed by atoms with E-state index in [2.05, 4.69) is 12.1 Å². The minimum atomic E-state index is -0.563. The van der Waals surface area contributed by atoms with Crippen LogP contribution in [-0.2, 0) is 16.0 Å². The Labute approximate surface area is 182 Å². The van der Waals surface area contributed by atoms with E-state index in [1.54, 1.807) is 0 Å². The highest BCUT2D eigenvalue weighted by Crippen LogP contribution is 2.30. The topological polar surface area (TPSA) is 57.2 Å². The van der Waals surface area contributed by atoms with Crippen LogP contribution < -0.4 is 9.47 Å². The lowest BCUT2D eigenvalue weighted by Crippen LogP contribution is -2.58. The Morgan fingerprint density at radius 1 is 1.07 bits per heavy atom. The van der Waals surface area contributed by atoms with E-state index >= 15 is 0 Å². The van der Waals surface area contributed by atoms with Gasteiger partial charge in [-0.2, -0.15) is 0 Å². The van der Waals surface area contributed by atoms with Crippen molar-refractivity contribution in [2.24, 2.45) is 0 Å². The van der Waals surface area contributed by atoms with Gasteiger partial charge in [-0.3, -0.25) is 0 Å². The highest BCUT2D eigenvalue weighted by atomic mass is 35.5. The fraction of sp³-hybridized carbons (Fsp3) is 0.478. The number of aliphatic hydroxyl groups excluding tert-OH is 1. The van der Waals surface area contributed by atoms with Gasteiger partial charge in [-0.15, -0.1) is 0 Å². The summed E-state index contributed by atoms with van der Waals surface area (Å²) in [5.74, 6) is 1.49. The number of ether oxygens (including phenoxy) is 4. The van der Waals surface area contributed by atoms with E-state index in [1.165, 1.54) is 5.56 Å². The Kier molecular flexibility index (Phi) is 7.12. The van der Waals surface area contributed by atoms with Crippen LogP contribution in [0.25, 0.3) is 0 Å². The summed E-state index contributed by atoms with van der Waals surface area (Å²) < 4.78 is 23.8. The molecule has 0 aromatic heterocycles. The standard InChI is InChI=1S/C23H29ClNO5/c24-19-7-5-18(6-8-19)13-25(9-11-27-12-10-25)14-20(26)15-28-16-21-17-29-22-3-1-2-4-23(22)30-21/h1-8,20-21,26H,9-17H2/q+1/t20-,21-/m0/s1. The maximum Gasteiger partial charge on any atom is 0.161 e. The lowest BCUT2D eigenvalue weighted by atomic mass is 10.1. The lowest BCUT2D eigenvalue weighted by molar-refractivity contribution is -0.950. The van der Waals surface area contributed by atoms with Crippen molar-refractivity contribution in [3.05, 3.63) is 59.1 Å². The predicted octanol–water partition coefficient (Wildman–Crippen LogP) is 2.90. The highest BCUT2D eigenvalue weighted by molar-refractivity contribution is 6.30. The van der Waals surface area contributed by atoms with Crippen molar-refractivity contribution in [3.8, 4) is 11.5 Å². The second-order valence-electron chi connectivity index (χ2n) is 8.06. The first-order valence-corrected chi connectivity index (χ1v) is 10.8. The first kappa shape index (κ1) is 21.4. The van der Waals surface area contributed by atoms with E-state index in [1.807, 2.05) is 36.4 Å². The summed E-state index contributed by atoms with van der Waals surface area (Å²) in [5.41, 5.74) is 1.21. The van der Waals surface area contributed by atoms with Crippen LogP contribution in [-0.4, -0.2) is 74.5 Å². The Balaban J connectivity index is 1.28. The summed E-state index contributed by atoms with van der Waals surface area (Å²) in [7, 11) is 0. The molecule has 0 unspecified atom stereocenters. The number of halogens is 1. The molecule has 0 saturated carbocycles. The first-order chi connectivity index (χ1) is 14.6. The van der Waals surface area contributed by atoms with Gasteiger partial charge in [-0.1, -0.05) is 35.9 Å². The quantitative estimate of drug-likeness (QED) is 0.647. The molecule has 1 saturated heterocycles. The molecule has 2 aliphatic rings. The molecule has 0 spiro atoms. The Morgan fingerprint density at radius 2 is 1.80 bits per heavy atom. The zero-order chi connectivity index (χ0) is 20.8. The second kappa shape index (κ2) is 9.98. The van der Waals surface area contributed by atoms with Crippen LogP contribution in [0.1, 0.15) is 5.56 Å². The molecule has 0 bridgehead atoms. The van der Waals surface area contributed by atoms with Gasteiger partial charge in [0.2, 0.25) is 0 Å². The van der Waals surface area contributed by atoms with Crippen molar-refractivity contribution in [2.75, 3.05) is 52.7 Å². The molecule has 30 heavy (non-hydrogen) atoms. The van der Waals surface area contributed by atoms with Gasteiger partial charge in [-0.25, -0.2) is 0 Å². The third-order valence-electron chi connectivity index (χ3n) is 5.63. The van der Waals surface area contributed by atoms with Crippen LogP contribution in [0.5, 0.6) is 11.5 Å². The fourth-order valence-electron chi connectivity index (χ4n) is 4.09. The van der Waals surface area contributed by atoms with Gasteiger partial charge in [0.25, 0.3) is 0 Å². The minimum Gasteiger partial charge on any atom is -0.486 e. The average molecular weight is 435 g/mol. The lowest BCUT2D eigenvalue weighted by Gasteiger charge is -2.42. The Hall–Kier alpha value is -1.83. The predicted molar refractivity (Wildman–Crippen MR) is 114 cm³/mol. The summed E-state index contributed by atoms with van der Waals surface area (Å²) >= 11 is 6.02. The molecule has 2 heterocycles. The number of para-hydroxylation sites is 2. The maximum absolute atomic E-state index is 10.7. The third-order valence-corrected chi connectivity index (χ3v) is 5.88. The number of hydrogen-bond acceptors (Lipinski definition) is 5. The molecule has 162 valence electrons. The molecule has 2 atom stereocenters. The Morgan fingerprint density at radius 3 is 2.57 bits per heavy atom. The van der Waals surface area contributed by atoms with E-state index in [9.17, 15) is 5.11 Å². The smallest absolute Gasteiger partial charge is 0.161 e. The summed E-state index contributed by atoms with van der Waals surface area (Å²) in [6, 6.07) is 15.6. The van der Waals surface area contributed by atoms with Crippen molar-refractivity contribution in [1.29, 1.82) is 0 Å². The van der Waals surface area contributed by atoms with Gasteiger partial charge >= 0.3 is 0 Å². The number of hydrogen-bond donors (Lipinski definition) is 1. The van der Waals surface area contributed by atoms with Gasteiger partial charge in [0.15, 0.2) is 17.6 Å². The molecular weight excluding hydrogens is 406 g/mol. The number of quaternary nitrogens is 1. The summed E-state index contributed by atoms with van der Waals surface area (Å²) in [6.07, 6.45) is -0.736. The van der Waals surface area contributed by atoms with Gasteiger partial charge in [0, 0.05) is 10.6 Å². The van der Waals surface area contributed by atoms with Gasteiger partial charge in [0.05, 0.1) is 26.4 Å². The van der Waals surface area contributed by atoms with Crippen LogP contribution in [0.15, 0.2) is 48.5 Å². The first-order valence-electron chi connectivity index (χ1n) is 10.4. The number of rotatable bonds is 8. The largest absolute Gasteiger partial charge is 0.486 e. The molecule has 0 radical (unpaired) electrons. The Bertz CT molecular complexity index is 809. The molecular formula is C23H29ClNO5+. The summed E-state index contributed by atoms with van der Waals surface area (Å²) in [5, 5.41) is 11.4. The van der Waals surface area contributed by atoms with Crippen LogP contribution in [0.3, 0.4) is 0 Å². The molecule has 1 N–H and O–H groups in total. The maximum atomic E-state index is 10.7. The molecule has 6 nitrogen and oxygen atoms in total. The highest BCUT2D eigenvalue weighted by Gasteiger charge is 2.33. The van der Waals surface area contributed by atoms with Crippen LogP contribution in [0, 0.1) is 0 Å². The number of aliphatic hydroxyl groups is 1. The average Bonchev–Trinajstić information content (AvgIpc) is 2.76. The van der Waals surface area contributed by atoms with Crippen molar-refractivity contribution in [3.63, 3.8) is 0 Å².